The van der Waals surface area contributed by atoms with Crippen LogP contribution in [0.15, 0.2) is 17.2 Å². The van der Waals surface area contributed by atoms with Crippen molar-refractivity contribution in [2.45, 2.75) is 6.42 Å². The molecule has 0 spiro atoms. The quantitative estimate of drug-likeness (QED) is 0.262. The average Bonchev–Trinajstić information content (AvgIpc) is 2.38. The molecule has 6 nitrogen and oxygen atoms in total. The van der Waals surface area contributed by atoms with E-state index >= 15 is 0 Å². The molecular formula is C11H12N4O2. The Kier molecular flexibility index (Phi) is 5.21. The van der Waals surface area contributed by atoms with Gasteiger partial charge in [0, 0.05) is 23.9 Å². The first-order valence-electron chi connectivity index (χ1n) is 4.90. The highest BCUT2D eigenvalue weighted by Gasteiger charge is 2.03. The van der Waals surface area contributed by atoms with Gasteiger partial charge in [0.05, 0.1) is 19.8 Å². The lowest BCUT2D eigenvalue weighted by Gasteiger charge is -2.04. The Balaban J connectivity index is 2.79. The molecule has 0 aliphatic rings. The zero-order valence-electron chi connectivity index (χ0n) is 9.67. The fourth-order valence-corrected chi connectivity index (χ4v) is 1.10. The minimum Gasteiger partial charge on any atom is -0.481 e. The van der Waals surface area contributed by atoms with Crippen LogP contribution < -0.4 is 9.47 Å². The fraction of sp³-hybridized carbons (Fsp3) is 0.364. The van der Waals surface area contributed by atoms with Crippen molar-refractivity contribution in [3.63, 3.8) is 0 Å². The van der Waals surface area contributed by atoms with Crippen molar-refractivity contribution in [3.05, 3.63) is 28.1 Å². The average molecular weight is 232 g/mol. The summed E-state index contributed by atoms with van der Waals surface area (Å²) in [6, 6.07) is 3.48. The first-order chi connectivity index (χ1) is 8.31. The zero-order valence-corrected chi connectivity index (χ0v) is 9.67. The second-order valence-electron chi connectivity index (χ2n) is 2.92. The Hall–Kier alpha value is -2.38. The molecule has 0 atom stereocenters. The van der Waals surface area contributed by atoms with Crippen LogP contribution in [0.2, 0.25) is 0 Å². The van der Waals surface area contributed by atoms with Gasteiger partial charge in [-0.15, -0.1) is 0 Å². The molecule has 0 aliphatic carbocycles. The van der Waals surface area contributed by atoms with Crippen LogP contribution in [0.3, 0.4) is 0 Å². The Morgan fingerprint density at radius 3 is 2.88 bits per heavy atom. The summed E-state index contributed by atoms with van der Waals surface area (Å²) in [7, 11) is 3.06. The maximum atomic E-state index is 8.09. The number of hydrogen-bond acceptors (Lipinski definition) is 4. The van der Waals surface area contributed by atoms with E-state index in [0.717, 1.165) is 0 Å². The molecule has 6 heteroatoms. The van der Waals surface area contributed by atoms with Crippen LogP contribution in [0, 0.1) is 11.8 Å². The molecule has 0 N–H and O–H groups in total. The summed E-state index contributed by atoms with van der Waals surface area (Å²) in [6.07, 6.45) is 0.499. The first kappa shape index (κ1) is 12.7. The van der Waals surface area contributed by atoms with Crippen molar-refractivity contribution in [1.82, 2.24) is 4.98 Å². The molecule has 1 aromatic heterocycles. The molecule has 0 radical (unpaired) electrons. The van der Waals surface area contributed by atoms with Gasteiger partial charge in [0.15, 0.2) is 0 Å². The topological polar surface area (TPSA) is 80.1 Å². The number of aromatic nitrogens is 1. The predicted octanol–water partition coefficient (Wildman–Crippen LogP) is 2.15. The second kappa shape index (κ2) is 6.99. The monoisotopic (exact) mass is 232 g/mol. The highest BCUT2D eigenvalue weighted by atomic mass is 16.5. The Morgan fingerprint density at radius 1 is 1.41 bits per heavy atom. The fourth-order valence-electron chi connectivity index (χ4n) is 1.10. The molecule has 0 amide bonds. The number of hydrogen-bond donors (Lipinski definition) is 0. The largest absolute Gasteiger partial charge is 0.481 e. The van der Waals surface area contributed by atoms with Crippen molar-refractivity contribution in [3.8, 4) is 23.6 Å². The molecule has 1 rings (SSSR count). The number of azide groups is 1. The van der Waals surface area contributed by atoms with Crippen LogP contribution >= 0.6 is 0 Å². The van der Waals surface area contributed by atoms with Crippen LogP contribution in [0.1, 0.15) is 12.0 Å². The smallest absolute Gasteiger partial charge is 0.232 e. The number of nitrogens with zero attached hydrogens (tertiary/aromatic N) is 4. The third-order valence-electron chi connectivity index (χ3n) is 1.86. The summed E-state index contributed by atoms with van der Waals surface area (Å²) in [5.74, 6) is 6.66. The number of methoxy groups -OCH3 is 2. The summed E-state index contributed by atoms with van der Waals surface area (Å²) < 4.78 is 10.1. The molecule has 0 aliphatic heterocycles. The molecular weight excluding hydrogens is 220 g/mol. The van der Waals surface area contributed by atoms with Crippen molar-refractivity contribution >= 4 is 0 Å². The van der Waals surface area contributed by atoms with Crippen LogP contribution in [0.4, 0.5) is 0 Å². The van der Waals surface area contributed by atoms with E-state index < -0.39 is 0 Å². The zero-order chi connectivity index (χ0) is 12.5. The lowest BCUT2D eigenvalue weighted by atomic mass is 10.2. The lowest BCUT2D eigenvalue weighted by molar-refractivity contribution is 0.364. The SMILES string of the molecule is COc1ccc(C#CCCN=[N+]=[N-])c(OC)n1. The lowest BCUT2D eigenvalue weighted by Crippen LogP contribution is -1.94. The van der Waals surface area contributed by atoms with E-state index in [-0.39, 0.29) is 0 Å². The highest BCUT2D eigenvalue weighted by molar-refractivity contribution is 5.43. The van der Waals surface area contributed by atoms with Gasteiger partial charge in [0.1, 0.15) is 0 Å². The minimum atomic E-state index is 0.357. The van der Waals surface area contributed by atoms with Gasteiger partial charge in [-0.25, -0.2) is 0 Å². The molecule has 0 aromatic carbocycles. The van der Waals surface area contributed by atoms with Crippen LogP contribution in [0.25, 0.3) is 10.4 Å². The highest BCUT2D eigenvalue weighted by Crippen LogP contribution is 2.18. The van der Waals surface area contributed by atoms with E-state index in [1.807, 2.05) is 0 Å². The molecule has 1 aromatic rings. The van der Waals surface area contributed by atoms with E-state index in [9.17, 15) is 0 Å². The third kappa shape index (κ3) is 3.93. The van der Waals surface area contributed by atoms with Crippen molar-refractivity contribution in [1.29, 1.82) is 0 Å². The van der Waals surface area contributed by atoms with Crippen LogP contribution in [-0.2, 0) is 0 Å². The van der Waals surface area contributed by atoms with E-state index in [1.165, 1.54) is 14.2 Å². The third-order valence-corrected chi connectivity index (χ3v) is 1.86. The van der Waals surface area contributed by atoms with Gasteiger partial charge in [-0.05, 0) is 11.6 Å². The number of rotatable bonds is 4. The molecule has 0 unspecified atom stereocenters. The summed E-state index contributed by atoms with van der Waals surface area (Å²) in [6.45, 7) is 0.357. The molecule has 0 bridgehead atoms. The first-order valence-corrected chi connectivity index (χ1v) is 4.90. The minimum absolute atomic E-state index is 0.357. The van der Waals surface area contributed by atoms with E-state index in [1.54, 1.807) is 12.1 Å². The van der Waals surface area contributed by atoms with E-state index in [4.69, 9.17) is 15.0 Å². The van der Waals surface area contributed by atoms with Gasteiger partial charge in [-0.2, -0.15) is 4.98 Å². The molecule has 0 saturated carbocycles. The van der Waals surface area contributed by atoms with Gasteiger partial charge in [0.2, 0.25) is 11.8 Å². The van der Waals surface area contributed by atoms with Crippen LogP contribution in [0.5, 0.6) is 11.8 Å². The van der Waals surface area contributed by atoms with Crippen LogP contribution in [-0.4, -0.2) is 25.7 Å². The molecule has 1 heterocycles. The van der Waals surface area contributed by atoms with E-state index in [0.29, 0.717) is 30.3 Å². The summed E-state index contributed by atoms with van der Waals surface area (Å²) in [4.78, 5) is 6.74. The predicted molar refractivity (Wildman–Crippen MR) is 62.8 cm³/mol. The Labute approximate surface area is 99.2 Å². The van der Waals surface area contributed by atoms with Gasteiger partial charge >= 0.3 is 0 Å². The Bertz CT molecular complexity index is 484. The van der Waals surface area contributed by atoms with Crippen molar-refractivity contribution < 1.29 is 9.47 Å². The maximum absolute atomic E-state index is 8.09. The second-order valence-corrected chi connectivity index (χ2v) is 2.92. The molecule has 88 valence electrons. The number of ether oxygens (including phenoxy) is 2. The van der Waals surface area contributed by atoms with Gasteiger partial charge in [-0.1, -0.05) is 17.0 Å². The van der Waals surface area contributed by atoms with Crippen molar-refractivity contribution in [2.75, 3.05) is 20.8 Å². The van der Waals surface area contributed by atoms with Crippen molar-refractivity contribution in [2.24, 2.45) is 5.11 Å². The molecule has 0 fully saturated rings. The summed E-state index contributed by atoms with van der Waals surface area (Å²) in [5, 5.41) is 3.38. The van der Waals surface area contributed by atoms with Gasteiger partial charge in [-0.3, -0.25) is 0 Å². The maximum Gasteiger partial charge on any atom is 0.232 e. The summed E-state index contributed by atoms with van der Waals surface area (Å²) in [5.41, 5.74) is 8.76. The van der Waals surface area contributed by atoms with E-state index in [2.05, 4.69) is 26.9 Å². The normalized spacial score (nSPS) is 8.59. The van der Waals surface area contributed by atoms with Gasteiger partial charge < -0.3 is 9.47 Å². The molecule has 0 saturated heterocycles. The molecule has 17 heavy (non-hydrogen) atoms. The summed E-state index contributed by atoms with van der Waals surface area (Å²) >= 11 is 0. The Morgan fingerprint density at radius 2 is 2.24 bits per heavy atom. The van der Waals surface area contributed by atoms with Gasteiger partial charge in [0.25, 0.3) is 0 Å². The standard InChI is InChI=1S/C11H12N4O2/c1-16-10-7-6-9(11(14-10)17-2)5-3-4-8-13-15-12/h6-7H,4,8H2,1-2H3. The number of pyridine rings is 1.